The first kappa shape index (κ1) is 14.0. The quantitative estimate of drug-likeness (QED) is 0.888. The minimum atomic E-state index is -0.580. The van der Waals surface area contributed by atoms with Crippen molar-refractivity contribution >= 4 is 21.6 Å². The number of hydrogen-bond acceptors (Lipinski definition) is 3. The Morgan fingerprint density at radius 1 is 1.30 bits per heavy atom. The van der Waals surface area contributed by atoms with Gasteiger partial charge in [-0.25, -0.2) is 4.98 Å². The molecule has 1 N–H and O–H groups in total. The normalized spacial score (nSPS) is 29.7. The van der Waals surface area contributed by atoms with Crippen molar-refractivity contribution in [2.24, 2.45) is 11.3 Å². The second-order valence-electron chi connectivity index (χ2n) is 7.13. The molecule has 3 heteroatoms. The highest BCUT2D eigenvalue weighted by molar-refractivity contribution is 7.18. The predicted molar refractivity (Wildman–Crippen MR) is 85.1 cm³/mol. The Bertz CT molecular complexity index is 585. The minimum absolute atomic E-state index is 0.332. The van der Waals surface area contributed by atoms with Gasteiger partial charge in [0, 0.05) is 6.42 Å². The molecular formula is C17H23NOS. The first-order chi connectivity index (χ1) is 9.38. The van der Waals surface area contributed by atoms with E-state index < -0.39 is 5.60 Å². The van der Waals surface area contributed by atoms with Crippen molar-refractivity contribution in [3.63, 3.8) is 0 Å². The van der Waals surface area contributed by atoms with Crippen LogP contribution in [0.2, 0.25) is 0 Å². The topological polar surface area (TPSA) is 33.1 Å². The molecular weight excluding hydrogens is 266 g/mol. The average Bonchev–Trinajstić information content (AvgIpc) is 2.76. The third kappa shape index (κ3) is 2.61. The summed E-state index contributed by atoms with van der Waals surface area (Å²) in [4.78, 5) is 4.68. The van der Waals surface area contributed by atoms with Crippen LogP contribution < -0.4 is 0 Å². The van der Waals surface area contributed by atoms with Crippen molar-refractivity contribution in [1.29, 1.82) is 0 Å². The van der Waals surface area contributed by atoms with Gasteiger partial charge in [-0.3, -0.25) is 0 Å². The van der Waals surface area contributed by atoms with E-state index in [-0.39, 0.29) is 0 Å². The van der Waals surface area contributed by atoms with Crippen LogP contribution in [0, 0.1) is 11.3 Å². The highest BCUT2D eigenvalue weighted by Gasteiger charge is 2.42. The van der Waals surface area contributed by atoms with Crippen LogP contribution in [0.5, 0.6) is 0 Å². The summed E-state index contributed by atoms with van der Waals surface area (Å²) < 4.78 is 1.22. The first-order valence-electron chi connectivity index (χ1n) is 7.45. The molecule has 0 amide bonds. The van der Waals surface area contributed by atoms with Crippen LogP contribution in [-0.2, 0) is 6.42 Å². The SMILES string of the molecule is CC1CC(C)(C)CCC1(O)Cc1nc2ccccc2s1. The van der Waals surface area contributed by atoms with E-state index in [4.69, 9.17) is 0 Å². The fourth-order valence-electron chi connectivity index (χ4n) is 3.44. The van der Waals surface area contributed by atoms with Crippen molar-refractivity contribution in [3.8, 4) is 0 Å². The summed E-state index contributed by atoms with van der Waals surface area (Å²) in [6.07, 6.45) is 3.77. The minimum Gasteiger partial charge on any atom is -0.389 e. The van der Waals surface area contributed by atoms with Gasteiger partial charge in [-0.15, -0.1) is 11.3 Å². The van der Waals surface area contributed by atoms with Crippen LogP contribution in [-0.4, -0.2) is 15.7 Å². The number of thiazole rings is 1. The maximum absolute atomic E-state index is 11.0. The molecule has 2 aromatic rings. The van der Waals surface area contributed by atoms with E-state index in [9.17, 15) is 5.11 Å². The van der Waals surface area contributed by atoms with Gasteiger partial charge >= 0.3 is 0 Å². The lowest BCUT2D eigenvalue weighted by Gasteiger charge is -2.45. The zero-order valence-electron chi connectivity index (χ0n) is 12.5. The van der Waals surface area contributed by atoms with Crippen molar-refractivity contribution < 1.29 is 5.11 Å². The van der Waals surface area contributed by atoms with Gasteiger partial charge in [-0.2, -0.15) is 0 Å². The molecule has 1 aromatic heterocycles. The summed E-state index contributed by atoms with van der Waals surface area (Å²) >= 11 is 1.72. The lowest BCUT2D eigenvalue weighted by atomic mass is 9.64. The maximum atomic E-state index is 11.0. The standard InChI is InChI=1S/C17H23NOS/c1-12-10-16(2,3)8-9-17(12,19)11-15-18-13-6-4-5-7-14(13)20-15/h4-7,12,19H,8-11H2,1-3H3. The molecule has 0 radical (unpaired) electrons. The smallest absolute Gasteiger partial charge is 0.0967 e. The predicted octanol–water partition coefficient (Wildman–Crippen LogP) is 4.42. The summed E-state index contributed by atoms with van der Waals surface area (Å²) in [7, 11) is 0. The lowest BCUT2D eigenvalue weighted by Crippen LogP contribution is -2.45. The van der Waals surface area contributed by atoms with E-state index in [0.29, 0.717) is 17.8 Å². The number of aromatic nitrogens is 1. The van der Waals surface area contributed by atoms with Crippen LogP contribution in [0.4, 0.5) is 0 Å². The fourth-order valence-corrected chi connectivity index (χ4v) is 4.53. The third-order valence-electron chi connectivity index (χ3n) is 4.81. The Morgan fingerprint density at radius 2 is 2.05 bits per heavy atom. The van der Waals surface area contributed by atoms with Gasteiger partial charge in [0.05, 0.1) is 20.8 Å². The number of fused-ring (bicyclic) bond motifs is 1. The van der Waals surface area contributed by atoms with Gasteiger partial charge in [0.2, 0.25) is 0 Å². The monoisotopic (exact) mass is 289 g/mol. The van der Waals surface area contributed by atoms with Gasteiger partial charge in [-0.05, 0) is 42.7 Å². The molecule has 0 aliphatic heterocycles. The number of rotatable bonds is 2. The molecule has 1 heterocycles. The summed E-state index contributed by atoms with van der Waals surface area (Å²) in [6.45, 7) is 6.80. The average molecular weight is 289 g/mol. The molecule has 0 bridgehead atoms. The second kappa shape index (κ2) is 4.81. The van der Waals surface area contributed by atoms with Crippen LogP contribution in [0.1, 0.15) is 45.0 Å². The van der Waals surface area contributed by atoms with E-state index in [2.05, 4.69) is 31.8 Å². The Labute approximate surface area is 124 Å². The molecule has 0 spiro atoms. The number of aliphatic hydroxyl groups is 1. The van der Waals surface area contributed by atoms with Gasteiger partial charge in [-0.1, -0.05) is 32.9 Å². The highest BCUT2D eigenvalue weighted by atomic mass is 32.1. The lowest BCUT2D eigenvalue weighted by molar-refractivity contribution is -0.0704. The molecule has 0 saturated heterocycles. The Hall–Kier alpha value is -0.930. The zero-order chi connectivity index (χ0) is 14.4. The molecule has 2 unspecified atom stereocenters. The zero-order valence-corrected chi connectivity index (χ0v) is 13.3. The molecule has 2 atom stereocenters. The number of benzene rings is 1. The molecule has 1 aliphatic carbocycles. The summed E-state index contributed by atoms with van der Waals surface area (Å²) in [5, 5.41) is 12.1. The van der Waals surface area contributed by atoms with Crippen LogP contribution in [0.15, 0.2) is 24.3 Å². The summed E-state index contributed by atoms with van der Waals surface area (Å²) in [5.41, 5.74) is 0.836. The van der Waals surface area contributed by atoms with E-state index in [1.165, 1.54) is 4.70 Å². The molecule has 3 rings (SSSR count). The first-order valence-corrected chi connectivity index (χ1v) is 8.26. The summed E-state index contributed by atoms with van der Waals surface area (Å²) in [5.74, 6) is 0.332. The molecule has 1 aromatic carbocycles. The second-order valence-corrected chi connectivity index (χ2v) is 8.24. The Balaban J connectivity index is 1.82. The largest absolute Gasteiger partial charge is 0.389 e. The molecule has 108 valence electrons. The van der Waals surface area contributed by atoms with Gasteiger partial charge in [0.25, 0.3) is 0 Å². The van der Waals surface area contributed by atoms with Gasteiger partial charge < -0.3 is 5.11 Å². The molecule has 1 saturated carbocycles. The Kier molecular flexibility index (Phi) is 3.38. The molecule has 1 fully saturated rings. The van der Waals surface area contributed by atoms with E-state index in [1.54, 1.807) is 11.3 Å². The molecule has 20 heavy (non-hydrogen) atoms. The van der Waals surface area contributed by atoms with Crippen LogP contribution >= 0.6 is 11.3 Å². The summed E-state index contributed by atoms with van der Waals surface area (Å²) in [6, 6.07) is 8.22. The van der Waals surface area contributed by atoms with E-state index >= 15 is 0 Å². The van der Waals surface area contributed by atoms with Crippen LogP contribution in [0.3, 0.4) is 0 Å². The third-order valence-corrected chi connectivity index (χ3v) is 5.84. The molecule has 2 nitrogen and oxygen atoms in total. The highest BCUT2D eigenvalue weighted by Crippen LogP contribution is 2.45. The Morgan fingerprint density at radius 3 is 2.75 bits per heavy atom. The number of hydrogen-bond donors (Lipinski definition) is 1. The fraction of sp³-hybridized carbons (Fsp3) is 0.588. The van der Waals surface area contributed by atoms with Crippen molar-refractivity contribution in [2.45, 2.75) is 52.1 Å². The molecule has 1 aliphatic rings. The van der Waals surface area contributed by atoms with Crippen molar-refractivity contribution in [1.82, 2.24) is 4.98 Å². The van der Waals surface area contributed by atoms with Crippen molar-refractivity contribution in [3.05, 3.63) is 29.3 Å². The number of nitrogens with zero attached hydrogens (tertiary/aromatic N) is 1. The van der Waals surface area contributed by atoms with Gasteiger partial charge in [0.1, 0.15) is 0 Å². The van der Waals surface area contributed by atoms with Crippen molar-refractivity contribution in [2.75, 3.05) is 0 Å². The van der Waals surface area contributed by atoms with Gasteiger partial charge in [0.15, 0.2) is 0 Å². The number of para-hydroxylation sites is 1. The van der Waals surface area contributed by atoms with Crippen LogP contribution in [0.25, 0.3) is 10.2 Å². The van der Waals surface area contributed by atoms with E-state index in [0.717, 1.165) is 29.8 Å². The maximum Gasteiger partial charge on any atom is 0.0967 e. The van der Waals surface area contributed by atoms with E-state index in [1.807, 2.05) is 18.2 Å².